The number of aryl methyl sites for hydroxylation is 2. The van der Waals surface area contributed by atoms with E-state index in [-0.39, 0.29) is 56.2 Å². The summed E-state index contributed by atoms with van der Waals surface area (Å²) in [5.41, 5.74) is -12.3. The van der Waals surface area contributed by atoms with Gasteiger partial charge in [0.05, 0.1) is 44.4 Å². The molecule has 0 fully saturated rings. The molecular weight excluding hydrogens is 937 g/mol. The summed E-state index contributed by atoms with van der Waals surface area (Å²) in [5, 5.41) is 1.40. The number of hydrogen-bond acceptors (Lipinski definition) is 2. The third-order valence-corrected chi connectivity index (χ3v) is 14.0. The Morgan fingerprint density at radius 1 is 0.623 bits per heavy atom. The SMILES string of the molecule is [2H]c1c([2H])c([2H])c(-c2cnc(-n3c4ccccc4c4ccc(Oc5cccc(-n6[c-][n+](-c7c(-c8c([2H])c([2H])c9c(c8[2H])C(C([2H])([2H])[2H])(C([2H])([2H])[2H])C([2H])([2H])C([2H])([2H])C9(C([2H])([2H])[2H])C([2H])([2H])[2H])cc(C([2H])([2H])[2H])cc7C(C)(C)C)c7ccc(-c8ccc(C(C)(C)C)cc8)cc76)c5)cc43)cc2C([2H])([2H])[2H])c([2H])c1[2H]. The van der Waals surface area contributed by atoms with Crippen molar-refractivity contribution in [2.75, 3.05) is 0 Å². The van der Waals surface area contributed by atoms with Crippen molar-refractivity contribution >= 4 is 32.8 Å². The van der Waals surface area contributed by atoms with Crippen LogP contribution in [0.4, 0.5) is 0 Å². The zero-order chi connectivity index (χ0) is 79.3. The molecule has 5 heteroatoms. The van der Waals surface area contributed by atoms with Crippen molar-refractivity contribution < 1.29 is 50.4 Å². The van der Waals surface area contributed by atoms with Crippen LogP contribution in [0.15, 0.2) is 182 Å². The van der Waals surface area contributed by atoms with E-state index in [0.29, 0.717) is 33.2 Å². The second kappa shape index (κ2) is 18.3. The molecule has 1 aliphatic carbocycles. The van der Waals surface area contributed by atoms with E-state index in [2.05, 4.69) is 27.1 Å². The predicted molar refractivity (Wildman–Crippen MR) is 321 cm³/mol. The van der Waals surface area contributed by atoms with Crippen LogP contribution in [0, 0.1) is 20.0 Å². The maximum absolute atomic E-state index is 10.3. The van der Waals surface area contributed by atoms with E-state index in [1.807, 2.05) is 42.5 Å². The zero-order valence-electron chi connectivity index (χ0n) is 72.9. The van der Waals surface area contributed by atoms with Crippen molar-refractivity contribution in [2.45, 2.75) is 117 Å². The number of rotatable bonds is 8. The van der Waals surface area contributed by atoms with Crippen molar-refractivity contribution in [2.24, 2.45) is 0 Å². The van der Waals surface area contributed by atoms with Gasteiger partial charge in [0, 0.05) is 58.8 Å². The average molecular weight is 1040 g/mol. The minimum atomic E-state index is -4.65. The number of imidazole rings is 1. The second-order valence-corrected chi connectivity index (χ2v) is 21.4. The molecule has 8 aromatic carbocycles. The lowest BCUT2D eigenvalue weighted by Gasteiger charge is -2.42. The molecule has 0 spiro atoms. The van der Waals surface area contributed by atoms with Crippen LogP contribution in [0.2, 0.25) is 0 Å². The molecule has 77 heavy (non-hydrogen) atoms. The van der Waals surface area contributed by atoms with E-state index in [0.717, 1.165) is 22.6 Å². The summed E-state index contributed by atoms with van der Waals surface area (Å²) in [5.74, 6) is 0.546. The monoisotopic (exact) mass is 1040 g/mol. The lowest BCUT2D eigenvalue weighted by molar-refractivity contribution is -0.572. The van der Waals surface area contributed by atoms with Crippen LogP contribution in [0.1, 0.15) is 156 Å². The highest BCUT2D eigenvalue weighted by Crippen LogP contribution is 2.48. The van der Waals surface area contributed by atoms with Crippen LogP contribution in [-0.4, -0.2) is 14.1 Å². The van der Waals surface area contributed by atoms with Gasteiger partial charge in [0.1, 0.15) is 17.3 Å². The Hall–Kier alpha value is -8.02. The topological polar surface area (TPSA) is 35.9 Å². The smallest absolute Gasteiger partial charge is 0.269 e. The van der Waals surface area contributed by atoms with Crippen LogP contribution < -0.4 is 9.30 Å². The van der Waals surface area contributed by atoms with Crippen molar-refractivity contribution in [1.82, 2.24) is 14.1 Å². The van der Waals surface area contributed by atoms with Crippen LogP contribution in [0.5, 0.6) is 11.5 Å². The molecule has 0 atom stereocenters. The minimum Gasteiger partial charge on any atom is -0.458 e. The summed E-state index contributed by atoms with van der Waals surface area (Å²) in [6.07, 6.45) is -4.69. The normalized spacial score (nSPS) is 22.3. The first-order valence-corrected chi connectivity index (χ1v) is 24.9. The molecule has 0 aliphatic heterocycles. The number of nitrogens with zero attached hydrogens (tertiary/aromatic N) is 4. The Morgan fingerprint density at radius 2 is 1.38 bits per heavy atom. The van der Waals surface area contributed by atoms with Gasteiger partial charge in [-0.25, -0.2) is 4.98 Å². The quantitative estimate of drug-likeness (QED) is 0.112. The van der Waals surface area contributed by atoms with Gasteiger partial charge in [-0.15, -0.1) is 0 Å². The second-order valence-electron chi connectivity index (χ2n) is 21.4. The number of para-hydroxylation sites is 1. The first kappa shape index (κ1) is 26.4. The molecule has 0 bridgehead atoms. The number of ether oxygens (including phenoxy) is 1. The number of hydrogen-bond donors (Lipinski definition) is 0. The van der Waals surface area contributed by atoms with E-state index >= 15 is 0 Å². The van der Waals surface area contributed by atoms with Gasteiger partial charge in [-0.3, -0.25) is 13.7 Å². The molecule has 0 amide bonds. The third kappa shape index (κ3) is 8.94. The summed E-state index contributed by atoms with van der Waals surface area (Å²) in [7, 11) is 0. The van der Waals surface area contributed by atoms with Crippen LogP contribution >= 0.6 is 0 Å². The highest BCUT2D eigenvalue weighted by atomic mass is 16.5. The van der Waals surface area contributed by atoms with Crippen molar-refractivity contribution in [3.8, 4) is 62.1 Å². The molecule has 384 valence electrons. The van der Waals surface area contributed by atoms with Crippen LogP contribution in [0.3, 0.4) is 0 Å². The van der Waals surface area contributed by atoms with Gasteiger partial charge in [-0.1, -0.05) is 196 Å². The van der Waals surface area contributed by atoms with Gasteiger partial charge in [-0.2, -0.15) is 0 Å². The summed E-state index contributed by atoms with van der Waals surface area (Å²) in [6.45, 7) is -12.2. The van der Waals surface area contributed by atoms with Gasteiger partial charge in [0.15, 0.2) is 0 Å². The van der Waals surface area contributed by atoms with E-state index in [1.165, 1.54) is 22.9 Å². The molecule has 0 saturated carbocycles. The Kier molecular flexibility index (Phi) is 6.27. The van der Waals surface area contributed by atoms with Crippen LogP contribution in [0.25, 0.3) is 83.4 Å². The Morgan fingerprint density at radius 3 is 2.13 bits per heavy atom. The van der Waals surface area contributed by atoms with Gasteiger partial charge >= 0.3 is 0 Å². The zero-order valence-corrected chi connectivity index (χ0v) is 42.9. The average Bonchev–Trinajstić information content (AvgIpc) is 0.917. The molecular formula is C72H70N4O. The molecule has 12 rings (SSSR count). The molecule has 1 aliphatic rings. The fraction of sp³-hybridized carbons (Fsp3) is 0.250. The van der Waals surface area contributed by atoms with Crippen LogP contribution in [-0.2, 0) is 21.7 Å². The maximum atomic E-state index is 10.3. The molecule has 0 N–H and O–H groups in total. The summed E-state index contributed by atoms with van der Waals surface area (Å²) >= 11 is 0. The maximum Gasteiger partial charge on any atom is 0.269 e. The summed E-state index contributed by atoms with van der Waals surface area (Å²) in [4.78, 5) is 4.69. The fourth-order valence-corrected chi connectivity index (χ4v) is 10.1. The lowest BCUT2D eigenvalue weighted by Crippen LogP contribution is -2.35. The number of benzene rings is 8. The van der Waals surface area contributed by atoms with E-state index < -0.39 is 146 Å². The van der Waals surface area contributed by atoms with Gasteiger partial charge in [0.2, 0.25) is 0 Å². The first-order chi connectivity index (χ1) is 49.0. The number of pyridine rings is 1. The standard InChI is InChI=1S/C72H70N4O/c1-46-37-58(51-27-33-60-61(40-51)72(11,12)36-35-71(60,9)10)68(62(38-46)70(6,7)8)75-45-74(66-41-50(28-34-64(66)75)48-25-29-52(30-26-48)69(3,4)5)53-21-18-22-54(42-53)77-55-31-32-57-56-23-16-17-24-63(56)76(65(57)43-55)67-39-47(2)59(44-73-67)49-19-14-13-15-20-49/h13-34,37-44H,35-36H2,1-12H3/i1D3,2D3,9D3,10D3,11D3,12D3,13D,14D,15D,19D,20D,27D,33D,35D2,36D2,40D. The Labute approximate surface area is 497 Å². The largest absolute Gasteiger partial charge is 0.458 e. The fourth-order valence-electron chi connectivity index (χ4n) is 10.1. The highest BCUT2D eigenvalue weighted by Gasteiger charge is 2.37. The molecule has 3 aromatic heterocycles. The number of fused-ring (bicyclic) bond motifs is 5. The molecule has 0 radical (unpaired) electrons. The van der Waals surface area contributed by atoms with Gasteiger partial charge in [-0.05, 0) is 152 Å². The first-order valence-electron chi connectivity index (χ1n) is 39.9. The van der Waals surface area contributed by atoms with E-state index in [1.54, 1.807) is 96.6 Å². The summed E-state index contributed by atoms with van der Waals surface area (Å²) < 4.78 is 282. The summed E-state index contributed by atoms with van der Waals surface area (Å²) in [6, 6.07) is 28.1. The van der Waals surface area contributed by atoms with Crippen molar-refractivity contribution in [3.63, 3.8) is 0 Å². The van der Waals surface area contributed by atoms with Crippen molar-refractivity contribution in [3.05, 3.63) is 222 Å². The minimum absolute atomic E-state index is 0.0925. The molecule has 0 saturated heterocycles. The third-order valence-electron chi connectivity index (χ3n) is 14.0. The predicted octanol–water partition coefficient (Wildman–Crippen LogP) is 18.6. The molecule has 3 heterocycles. The van der Waals surface area contributed by atoms with Gasteiger partial charge in [0.25, 0.3) is 6.33 Å². The molecule has 5 nitrogen and oxygen atoms in total. The Balaban J connectivity index is 1.13. The molecule has 11 aromatic rings. The Bertz CT molecular complexity index is 5420. The van der Waals surface area contributed by atoms with Gasteiger partial charge < -0.3 is 4.74 Å². The molecule has 0 unspecified atom stereocenters. The lowest BCUT2D eigenvalue weighted by atomic mass is 9.63. The van der Waals surface area contributed by atoms with E-state index in [9.17, 15) is 9.60 Å². The number of aromatic nitrogens is 4. The highest BCUT2D eigenvalue weighted by molar-refractivity contribution is 6.09. The van der Waals surface area contributed by atoms with Crippen molar-refractivity contribution in [1.29, 1.82) is 0 Å². The van der Waals surface area contributed by atoms with E-state index in [4.69, 9.17) is 41.2 Å².